The third kappa shape index (κ3) is 49.1. The smallest absolute Gasteiger partial charge is 0.264 e. The minimum Gasteiger partial charge on any atom is -0.394 e. The number of hydrogen-bond donors (Lipinski definition) is 4. The fourth-order valence-corrected chi connectivity index (χ4v) is 0. The summed E-state index contributed by atoms with van der Waals surface area (Å²) in [6, 6.07) is 0. The molecule has 0 amide bonds. The first-order valence-electron chi connectivity index (χ1n) is 4.16. The Kier molecular flexibility index (Phi) is 14.8. The maximum Gasteiger partial charge on any atom is 0.264 e. The molecule has 0 saturated carbocycles. The van der Waals surface area contributed by atoms with Crippen molar-refractivity contribution in [1.29, 1.82) is 0 Å². The Morgan fingerprint density at radius 3 is 0.875 bits per heavy atom. The zero-order valence-corrected chi connectivity index (χ0v) is 10.7. The summed E-state index contributed by atoms with van der Waals surface area (Å²) in [6.07, 6.45) is 0. The van der Waals surface area contributed by atoms with E-state index >= 15 is 0 Å². The van der Waals surface area contributed by atoms with Crippen LogP contribution in [0.5, 0.6) is 0 Å². The molecule has 0 spiro atoms. The first-order valence-corrected chi connectivity index (χ1v) is 7.37. The standard InChI is InChI=1S/2C2H6O3S.C2H6O2/c2*1-2-6(3,4)5;3-1-2-4/h2*2H2,1H3,(H,3,4,5);3-4H,1-2H2. The summed E-state index contributed by atoms with van der Waals surface area (Å²) in [4.78, 5) is 0. The van der Waals surface area contributed by atoms with Crippen molar-refractivity contribution in [1.82, 2.24) is 0 Å². The average molecular weight is 282 g/mol. The average Bonchev–Trinajstić information content (AvgIpc) is 2.17. The normalized spacial score (nSPS) is 10.6. The highest BCUT2D eigenvalue weighted by Crippen LogP contribution is 1.74. The molecule has 0 rings (SSSR count). The van der Waals surface area contributed by atoms with Gasteiger partial charge in [0.2, 0.25) is 0 Å². The highest BCUT2D eigenvalue weighted by Gasteiger charge is 1.93. The first kappa shape index (κ1) is 21.1. The second-order valence-electron chi connectivity index (χ2n) is 2.19. The van der Waals surface area contributed by atoms with Crippen molar-refractivity contribution >= 4 is 20.2 Å². The third-order valence-corrected chi connectivity index (χ3v) is 2.29. The molecule has 10 heteroatoms. The molecule has 0 atom stereocenters. The predicted octanol–water partition coefficient (Wildman–Crippen LogP) is -1.24. The molecule has 0 unspecified atom stereocenters. The van der Waals surface area contributed by atoms with Crippen molar-refractivity contribution in [2.24, 2.45) is 0 Å². The molecule has 102 valence electrons. The van der Waals surface area contributed by atoms with Crippen LogP contribution in [0.1, 0.15) is 13.8 Å². The molecule has 0 saturated heterocycles. The molecule has 0 radical (unpaired) electrons. The van der Waals surface area contributed by atoms with Crippen molar-refractivity contribution in [3.8, 4) is 0 Å². The van der Waals surface area contributed by atoms with Crippen LogP contribution in [0.25, 0.3) is 0 Å². The molecule has 0 aromatic carbocycles. The van der Waals surface area contributed by atoms with Crippen LogP contribution >= 0.6 is 0 Å². The van der Waals surface area contributed by atoms with Crippen LogP contribution in [-0.2, 0) is 20.2 Å². The molecule has 0 aliphatic carbocycles. The third-order valence-electron chi connectivity index (χ3n) is 0.830. The van der Waals surface area contributed by atoms with E-state index in [9.17, 15) is 16.8 Å². The second kappa shape index (κ2) is 11.2. The number of hydrogen-bond acceptors (Lipinski definition) is 6. The van der Waals surface area contributed by atoms with Gasteiger partial charge in [-0.05, 0) is 13.8 Å². The topological polar surface area (TPSA) is 149 Å². The highest BCUT2D eigenvalue weighted by molar-refractivity contribution is 7.85. The lowest BCUT2D eigenvalue weighted by atomic mass is 10.8. The predicted molar refractivity (Wildman–Crippen MR) is 58.4 cm³/mol. The summed E-state index contributed by atoms with van der Waals surface area (Å²) < 4.78 is 53.8. The van der Waals surface area contributed by atoms with Crippen LogP contribution in [0, 0.1) is 0 Å². The molecule has 0 aromatic heterocycles. The number of rotatable bonds is 3. The number of aliphatic hydroxyl groups is 2. The van der Waals surface area contributed by atoms with E-state index < -0.39 is 20.2 Å². The minimum absolute atomic E-state index is 0.125. The Bertz CT molecular complexity index is 282. The van der Waals surface area contributed by atoms with Gasteiger partial charge in [0, 0.05) is 0 Å². The maximum absolute atomic E-state index is 9.56. The Morgan fingerprint density at radius 1 is 0.750 bits per heavy atom. The van der Waals surface area contributed by atoms with E-state index in [1.54, 1.807) is 0 Å². The number of aliphatic hydroxyl groups excluding tert-OH is 2. The zero-order chi connectivity index (χ0) is 13.8. The van der Waals surface area contributed by atoms with Gasteiger partial charge in [-0.1, -0.05) is 0 Å². The van der Waals surface area contributed by atoms with Crippen LogP contribution in [0.15, 0.2) is 0 Å². The lowest BCUT2D eigenvalue weighted by molar-refractivity contribution is 0.186. The van der Waals surface area contributed by atoms with Gasteiger partial charge in [-0.15, -0.1) is 0 Å². The van der Waals surface area contributed by atoms with Gasteiger partial charge >= 0.3 is 0 Å². The van der Waals surface area contributed by atoms with E-state index in [1.165, 1.54) is 13.8 Å². The van der Waals surface area contributed by atoms with Crippen LogP contribution in [0.3, 0.4) is 0 Å². The minimum atomic E-state index is -3.66. The Morgan fingerprint density at radius 2 is 0.875 bits per heavy atom. The quantitative estimate of drug-likeness (QED) is 0.469. The Labute approximate surface area is 95.4 Å². The summed E-state index contributed by atoms with van der Waals surface area (Å²) in [7, 11) is -7.32. The van der Waals surface area contributed by atoms with E-state index in [0.29, 0.717) is 0 Å². The van der Waals surface area contributed by atoms with Crippen molar-refractivity contribution in [3.05, 3.63) is 0 Å². The first-order chi connectivity index (χ1) is 7.04. The van der Waals surface area contributed by atoms with Gasteiger partial charge in [0.25, 0.3) is 20.2 Å². The van der Waals surface area contributed by atoms with Crippen LogP contribution in [0.2, 0.25) is 0 Å². The van der Waals surface area contributed by atoms with Gasteiger partial charge in [0.05, 0.1) is 24.7 Å². The fraction of sp³-hybridized carbons (Fsp3) is 1.00. The van der Waals surface area contributed by atoms with E-state index in [-0.39, 0.29) is 24.7 Å². The van der Waals surface area contributed by atoms with Gasteiger partial charge in [-0.25, -0.2) is 0 Å². The van der Waals surface area contributed by atoms with Crippen LogP contribution < -0.4 is 0 Å². The van der Waals surface area contributed by atoms with E-state index in [1.807, 2.05) is 0 Å². The van der Waals surface area contributed by atoms with Gasteiger partial charge in [-0.3, -0.25) is 9.11 Å². The van der Waals surface area contributed by atoms with E-state index in [0.717, 1.165) is 0 Å². The maximum atomic E-state index is 9.56. The SMILES string of the molecule is CCS(=O)(=O)O.CCS(=O)(=O)O.OCCO. The van der Waals surface area contributed by atoms with Gasteiger partial charge < -0.3 is 10.2 Å². The molecule has 8 nitrogen and oxygen atoms in total. The van der Waals surface area contributed by atoms with Crippen molar-refractivity contribution < 1.29 is 36.2 Å². The lowest BCUT2D eigenvalue weighted by Crippen LogP contribution is -1.97. The summed E-state index contributed by atoms with van der Waals surface area (Å²) in [5.74, 6) is -0.403. The molecule has 0 fully saturated rings. The molecule has 0 bridgehead atoms. The zero-order valence-electron chi connectivity index (χ0n) is 9.07. The Balaban J connectivity index is -0.000000162. The fourth-order valence-electron chi connectivity index (χ4n) is 0. The van der Waals surface area contributed by atoms with Crippen LogP contribution in [0.4, 0.5) is 0 Å². The van der Waals surface area contributed by atoms with E-state index in [2.05, 4.69) is 0 Å². The summed E-state index contributed by atoms with van der Waals surface area (Å²) >= 11 is 0. The largest absolute Gasteiger partial charge is 0.394 e. The van der Waals surface area contributed by atoms with Gasteiger partial charge in [-0.2, -0.15) is 16.8 Å². The van der Waals surface area contributed by atoms with Gasteiger partial charge in [0.15, 0.2) is 0 Å². The molecular weight excluding hydrogens is 264 g/mol. The monoisotopic (exact) mass is 282 g/mol. The van der Waals surface area contributed by atoms with Crippen molar-refractivity contribution in [3.63, 3.8) is 0 Å². The van der Waals surface area contributed by atoms with Gasteiger partial charge in [0.1, 0.15) is 0 Å². The molecule has 0 heterocycles. The second-order valence-corrected chi connectivity index (χ2v) is 5.67. The highest BCUT2D eigenvalue weighted by atomic mass is 32.2. The summed E-state index contributed by atoms with van der Waals surface area (Å²) in [5, 5.41) is 15.2. The Hall–Kier alpha value is -0.260. The van der Waals surface area contributed by atoms with Crippen molar-refractivity contribution in [2.75, 3.05) is 24.7 Å². The van der Waals surface area contributed by atoms with Crippen molar-refractivity contribution in [2.45, 2.75) is 13.8 Å². The van der Waals surface area contributed by atoms with E-state index in [4.69, 9.17) is 19.3 Å². The molecule has 0 aliphatic heterocycles. The summed E-state index contributed by atoms with van der Waals surface area (Å²) in [6.45, 7) is 2.49. The molecular formula is C6H18O8S2. The lowest BCUT2D eigenvalue weighted by Gasteiger charge is -1.79. The molecule has 0 aliphatic rings. The molecule has 0 aromatic rings. The van der Waals surface area contributed by atoms with Crippen LogP contribution in [-0.4, -0.2) is 60.9 Å². The summed E-state index contributed by atoms with van der Waals surface area (Å²) in [5.41, 5.74) is 0. The molecule has 4 N–H and O–H groups in total. The molecule has 16 heavy (non-hydrogen) atoms.